The third-order valence-electron chi connectivity index (χ3n) is 3.39. The fraction of sp³-hybridized carbons (Fsp3) is 0.235. The normalized spacial score (nSPS) is 11.2. The molecule has 1 amide bonds. The molecule has 0 aliphatic heterocycles. The van der Waals surface area contributed by atoms with Crippen molar-refractivity contribution in [3.05, 3.63) is 53.6 Å². The van der Waals surface area contributed by atoms with Crippen molar-refractivity contribution in [2.75, 3.05) is 17.7 Å². The highest BCUT2D eigenvalue weighted by Gasteiger charge is 2.26. The van der Waals surface area contributed by atoms with E-state index in [2.05, 4.69) is 5.32 Å². The smallest absolute Gasteiger partial charge is 0.392 e. The second-order valence-electron chi connectivity index (χ2n) is 5.21. The van der Waals surface area contributed by atoms with Crippen LogP contribution in [0.5, 0.6) is 5.75 Å². The molecule has 24 heavy (non-hydrogen) atoms. The molecule has 0 saturated carbocycles. The SMILES string of the molecule is Cc1c(N)cccc1NC(=O)c1ccc(OCCC(F)(F)F)cc1. The van der Waals surface area contributed by atoms with Crippen molar-refractivity contribution in [2.45, 2.75) is 19.5 Å². The fourth-order valence-corrected chi connectivity index (χ4v) is 1.97. The predicted octanol–water partition coefficient (Wildman–Crippen LogP) is 4.16. The number of hydrogen-bond donors (Lipinski definition) is 2. The molecule has 128 valence electrons. The van der Waals surface area contributed by atoms with E-state index >= 15 is 0 Å². The van der Waals surface area contributed by atoms with Crippen LogP contribution in [0.4, 0.5) is 24.5 Å². The molecule has 2 rings (SSSR count). The lowest BCUT2D eigenvalue weighted by Gasteiger charge is -2.11. The lowest BCUT2D eigenvalue weighted by atomic mass is 10.1. The van der Waals surface area contributed by atoms with Gasteiger partial charge in [-0.1, -0.05) is 6.07 Å². The molecule has 0 unspecified atom stereocenters. The van der Waals surface area contributed by atoms with Gasteiger partial charge < -0.3 is 15.8 Å². The van der Waals surface area contributed by atoms with E-state index in [1.165, 1.54) is 24.3 Å². The fourth-order valence-electron chi connectivity index (χ4n) is 1.97. The summed E-state index contributed by atoms with van der Waals surface area (Å²) in [5, 5.41) is 2.74. The number of nitrogens with one attached hydrogen (secondary N) is 1. The molecule has 2 aromatic carbocycles. The summed E-state index contributed by atoms with van der Waals surface area (Å²) in [5.74, 6) is -0.0681. The summed E-state index contributed by atoms with van der Waals surface area (Å²) in [6.45, 7) is 1.33. The van der Waals surface area contributed by atoms with Gasteiger partial charge in [-0.3, -0.25) is 4.79 Å². The minimum Gasteiger partial charge on any atom is -0.493 e. The standard InChI is InChI=1S/C17H17F3N2O2/c1-11-14(21)3-2-4-15(11)22-16(23)12-5-7-13(8-6-12)24-10-9-17(18,19)20/h2-8H,9-10,21H2,1H3,(H,22,23). The lowest BCUT2D eigenvalue weighted by molar-refractivity contribution is -0.139. The van der Waals surface area contributed by atoms with Gasteiger partial charge in [-0.25, -0.2) is 0 Å². The van der Waals surface area contributed by atoms with Gasteiger partial charge in [-0.05, 0) is 48.9 Å². The van der Waals surface area contributed by atoms with Crippen LogP contribution in [0.25, 0.3) is 0 Å². The highest BCUT2D eigenvalue weighted by atomic mass is 19.4. The number of nitrogen functional groups attached to an aromatic ring is 1. The molecule has 0 aromatic heterocycles. The van der Waals surface area contributed by atoms with Crippen LogP contribution in [0.2, 0.25) is 0 Å². The number of hydrogen-bond acceptors (Lipinski definition) is 3. The second-order valence-corrected chi connectivity index (χ2v) is 5.21. The first-order valence-electron chi connectivity index (χ1n) is 7.22. The molecule has 4 nitrogen and oxygen atoms in total. The number of carbonyl (C=O) groups excluding carboxylic acids is 1. The van der Waals surface area contributed by atoms with Crippen LogP contribution in [-0.4, -0.2) is 18.7 Å². The Morgan fingerprint density at radius 1 is 1.17 bits per heavy atom. The maximum atomic E-state index is 12.2. The Morgan fingerprint density at radius 3 is 2.46 bits per heavy atom. The van der Waals surface area contributed by atoms with Crippen LogP contribution in [0.15, 0.2) is 42.5 Å². The third-order valence-corrected chi connectivity index (χ3v) is 3.39. The van der Waals surface area contributed by atoms with Crippen LogP contribution >= 0.6 is 0 Å². The molecule has 3 N–H and O–H groups in total. The number of benzene rings is 2. The Kier molecular flexibility index (Phi) is 5.33. The average molecular weight is 338 g/mol. The predicted molar refractivity (Wildman–Crippen MR) is 86.2 cm³/mol. The Hall–Kier alpha value is -2.70. The summed E-state index contributed by atoms with van der Waals surface area (Å²) < 4.78 is 41.2. The van der Waals surface area contributed by atoms with E-state index in [4.69, 9.17) is 10.5 Å². The van der Waals surface area contributed by atoms with E-state index in [0.29, 0.717) is 16.9 Å². The summed E-state index contributed by atoms with van der Waals surface area (Å²) in [4.78, 5) is 12.2. The summed E-state index contributed by atoms with van der Waals surface area (Å²) in [7, 11) is 0. The molecular weight excluding hydrogens is 321 g/mol. The monoisotopic (exact) mass is 338 g/mol. The van der Waals surface area contributed by atoms with Crippen LogP contribution in [-0.2, 0) is 0 Å². The van der Waals surface area contributed by atoms with Gasteiger partial charge in [-0.15, -0.1) is 0 Å². The van der Waals surface area contributed by atoms with E-state index in [-0.39, 0.29) is 11.7 Å². The zero-order chi connectivity index (χ0) is 17.7. The molecule has 0 atom stereocenters. The Bertz CT molecular complexity index is 713. The largest absolute Gasteiger partial charge is 0.493 e. The van der Waals surface area contributed by atoms with Gasteiger partial charge in [0, 0.05) is 16.9 Å². The molecule has 0 heterocycles. The Balaban J connectivity index is 1.97. The van der Waals surface area contributed by atoms with Crippen LogP contribution in [0, 0.1) is 6.92 Å². The summed E-state index contributed by atoms with van der Waals surface area (Å²) >= 11 is 0. The zero-order valence-corrected chi connectivity index (χ0v) is 13.0. The maximum Gasteiger partial charge on any atom is 0.392 e. The van der Waals surface area contributed by atoms with E-state index in [1.807, 2.05) is 0 Å². The lowest BCUT2D eigenvalue weighted by Crippen LogP contribution is -2.14. The van der Waals surface area contributed by atoms with Gasteiger partial charge in [-0.2, -0.15) is 13.2 Å². The van der Waals surface area contributed by atoms with E-state index < -0.39 is 19.2 Å². The first-order valence-corrected chi connectivity index (χ1v) is 7.22. The van der Waals surface area contributed by atoms with Crippen molar-refractivity contribution in [1.82, 2.24) is 0 Å². The van der Waals surface area contributed by atoms with E-state index in [0.717, 1.165) is 5.56 Å². The topological polar surface area (TPSA) is 64.3 Å². The number of ether oxygens (including phenoxy) is 1. The maximum absolute atomic E-state index is 12.2. The molecular formula is C17H17F3N2O2. The van der Waals surface area contributed by atoms with Gasteiger partial charge >= 0.3 is 6.18 Å². The average Bonchev–Trinajstić information content (AvgIpc) is 2.51. The quantitative estimate of drug-likeness (QED) is 0.805. The molecule has 2 aromatic rings. The van der Waals surface area contributed by atoms with Crippen molar-refractivity contribution < 1.29 is 22.7 Å². The van der Waals surface area contributed by atoms with Crippen molar-refractivity contribution in [1.29, 1.82) is 0 Å². The molecule has 0 radical (unpaired) electrons. The van der Waals surface area contributed by atoms with Crippen molar-refractivity contribution in [3.8, 4) is 5.75 Å². The van der Waals surface area contributed by atoms with Crippen LogP contribution in [0.3, 0.4) is 0 Å². The molecule has 0 spiro atoms. The molecule has 0 saturated heterocycles. The van der Waals surface area contributed by atoms with Crippen LogP contribution in [0.1, 0.15) is 22.3 Å². The van der Waals surface area contributed by atoms with Crippen molar-refractivity contribution in [3.63, 3.8) is 0 Å². The molecule has 0 bridgehead atoms. The van der Waals surface area contributed by atoms with Crippen molar-refractivity contribution >= 4 is 17.3 Å². The van der Waals surface area contributed by atoms with Crippen molar-refractivity contribution in [2.24, 2.45) is 0 Å². The molecule has 7 heteroatoms. The molecule has 0 aliphatic carbocycles. The summed E-state index contributed by atoms with van der Waals surface area (Å²) in [6.07, 6.45) is -5.28. The zero-order valence-electron chi connectivity index (χ0n) is 13.0. The number of rotatable bonds is 5. The van der Waals surface area contributed by atoms with Gasteiger partial charge in [0.15, 0.2) is 0 Å². The highest BCUT2D eigenvalue weighted by molar-refractivity contribution is 6.05. The Labute approximate surface area is 137 Å². The number of carbonyl (C=O) groups is 1. The minimum absolute atomic E-state index is 0.274. The highest BCUT2D eigenvalue weighted by Crippen LogP contribution is 2.22. The Morgan fingerprint density at radius 2 is 1.83 bits per heavy atom. The second kappa shape index (κ2) is 7.25. The van der Waals surface area contributed by atoms with Crippen LogP contribution < -0.4 is 15.8 Å². The number of halogens is 3. The van der Waals surface area contributed by atoms with Gasteiger partial charge in [0.05, 0.1) is 13.0 Å². The minimum atomic E-state index is -4.25. The number of nitrogens with two attached hydrogens (primary N) is 1. The summed E-state index contributed by atoms with van der Waals surface area (Å²) in [5.41, 5.74) is 8.08. The number of alkyl halides is 3. The molecule has 0 aliphatic rings. The van der Waals surface area contributed by atoms with Gasteiger partial charge in [0.2, 0.25) is 0 Å². The number of anilines is 2. The first kappa shape index (κ1) is 17.7. The first-order chi connectivity index (χ1) is 11.3. The third kappa shape index (κ3) is 4.91. The van der Waals surface area contributed by atoms with E-state index in [9.17, 15) is 18.0 Å². The van der Waals surface area contributed by atoms with Gasteiger partial charge in [0.25, 0.3) is 5.91 Å². The summed E-state index contributed by atoms with van der Waals surface area (Å²) in [6, 6.07) is 11.1. The van der Waals surface area contributed by atoms with E-state index in [1.54, 1.807) is 25.1 Å². The molecule has 0 fully saturated rings. The number of amides is 1. The van der Waals surface area contributed by atoms with Gasteiger partial charge in [0.1, 0.15) is 5.75 Å².